The summed E-state index contributed by atoms with van der Waals surface area (Å²) >= 11 is 2.25. The predicted molar refractivity (Wildman–Crippen MR) is 41.8 cm³/mol. The van der Waals surface area contributed by atoms with E-state index in [2.05, 4.69) is 27.9 Å². The lowest BCUT2D eigenvalue weighted by Crippen LogP contribution is -2.44. The molecule has 52 valence electrons. The maximum atomic E-state index is 10.5. The van der Waals surface area contributed by atoms with E-state index in [1.54, 1.807) is 0 Å². The summed E-state index contributed by atoms with van der Waals surface area (Å²) in [6.07, 6.45) is -0.241. The molecule has 0 bridgehead atoms. The van der Waals surface area contributed by atoms with Crippen LogP contribution < -0.4 is 5.32 Å². The van der Waals surface area contributed by atoms with Crippen LogP contribution in [0.1, 0.15) is 6.92 Å². The molecule has 0 aromatic heterocycles. The van der Waals surface area contributed by atoms with Crippen LogP contribution in [0.15, 0.2) is 0 Å². The molecule has 9 heavy (non-hydrogen) atoms. The third kappa shape index (κ3) is 1.70. The van der Waals surface area contributed by atoms with Gasteiger partial charge in [-0.2, -0.15) is 0 Å². The molecule has 1 rings (SSSR count). The molecular formula is C5H8INO2. The number of hydrogen-bond donors (Lipinski definition) is 1. The lowest BCUT2D eigenvalue weighted by Gasteiger charge is -2.24. The lowest BCUT2D eigenvalue weighted by atomic mass is 10.2. The van der Waals surface area contributed by atoms with Crippen molar-refractivity contribution in [2.24, 2.45) is 0 Å². The van der Waals surface area contributed by atoms with Crippen molar-refractivity contribution < 1.29 is 9.53 Å². The fourth-order valence-corrected chi connectivity index (χ4v) is 0.998. The monoisotopic (exact) mass is 241 g/mol. The summed E-state index contributed by atoms with van der Waals surface area (Å²) < 4.78 is 5.24. The summed E-state index contributed by atoms with van der Waals surface area (Å²) in [6.45, 7) is 2.62. The molecule has 0 radical (unpaired) electrons. The van der Waals surface area contributed by atoms with E-state index in [0.29, 0.717) is 3.92 Å². The molecule has 1 heterocycles. The zero-order chi connectivity index (χ0) is 6.85. The van der Waals surface area contributed by atoms with Crippen molar-refractivity contribution in [3.8, 4) is 0 Å². The highest BCUT2D eigenvalue weighted by atomic mass is 127. The second-order valence-electron chi connectivity index (χ2n) is 2.01. The van der Waals surface area contributed by atoms with Gasteiger partial charge in [0, 0.05) is 6.54 Å². The van der Waals surface area contributed by atoms with Crippen LogP contribution in [-0.4, -0.2) is 22.7 Å². The highest BCUT2D eigenvalue weighted by molar-refractivity contribution is 14.1. The van der Waals surface area contributed by atoms with Crippen LogP contribution in [0.5, 0.6) is 0 Å². The normalized spacial score (nSPS) is 35.1. The SMILES string of the molecule is CC1OC(=O)NCC1I. The maximum Gasteiger partial charge on any atom is 0.407 e. The minimum absolute atomic E-state index is 0.0550. The molecular weight excluding hydrogens is 233 g/mol. The summed E-state index contributed by atoms with van der Waals surface area (Å²) in [7, 11) is 0. The van der Waals surface area contributed by atoms with Crippen molar-refractivity contribution >= 4 is 28.7 Å². The first-order chi connectivity index (χ1) is 4.20. The zero-order valence-electron chi connectivity index (χ0n) is 5.06. The number of carbonyl (C=O) groups is 1. The molecule has 1 fully saturated rings. The molecule has 2 atom stereocenters. The van der Waals surface area contributed by atoms with E-state index in [1.807, 2.05) is 6.92 Å². The second-order valence-corrected chi connectivity index (χ2v) is 3.61. The summed E-state index contributed by atoms with van der Waals surface area (Å²) in [6, 6.07) is 0. The van der Waals surface area contributed by atoms with Gasteiger partial charge in [-0.1, -0.05) is 22.6 Å². The number of rotatable bonds is 0. The van der Waals surface area contributed by atoms with Gasteiger partial charge >= 0.3 is 6.09 Å². The minimum atomic E-state index is -0.296. The molecule has 1 aliphatic rings. The van der Waals surface area contributed by atoms with Gasteiger partial charge < -0.3 is 10.1 Å². The Bertz CT molecular complexity index is 128. The fourth-order valence-electron chi connectivity index (χ4n) is 0.631. The first kappa shape index (κ1) is 7.11. The number of alkyl carbamates (subject to hydrolysis) is 1. The Morgan fingerprint density at radius 2 is 2.56 bits per heavy atom. The average molecular weight is 241 g/mol. The predicted octanol–water partition coefficient (Wildman–Crippen LogP) is 0.918. The molecule has 1 aliphatic heterocycles. The van der Waals surface area contributed by atoms with Crippen LogP contribution in [0.2, 0.25) is 0 Å². The number of amides is 1. The number of hydrogen-bond acceptors (Lipinski definition) is 2. The van der Waals surface area contributed by atoms with Crippen LogP contribution in [-0.2, 0) is 4.74 Å². The fraction of sp³-hybridized carbons (Fsp3) is 0.800. The largest absolute Gasteiger partial charge is 0.445 e. The van der Waals surface area contributed by atoms with Crippen molar-refractivity contribution in [2.45, 2.75) is 17.0 Å². The van der Waals surface area contributed by atoms with Gasteiger partial charge in [-0.3, -0.25) is 0 Å². The van der Waals surface area contributed by atoms with E-state index in [4.69, 9.17) is 4.74 Å². The molecule has 0 aromatic carbocycles. The second kappa shape index (κ2) is 2.72. The average Bonchev–Trinajstić information content (AvgIpc) is 1.80. The van der Waals surface area contributed by atoms with Gasteiger partial charge in [-0.25, -0.2) is 4.79 Å². The molecule has 0 aromatic rings. The Labute approximate surface area is 67.3 Å². The van der Waals surface area contributed by atoms with Gasteiger partial charge in [0.1, 0.15) is 6.10 Å². The Kier molecular flexibility index (Phi) is 2.15. The van der Waals surface area contributed by atoms with E-state index in [0.717, 1.165) is 6.54 Å². The first-order valence-electron chi connectivity index (χ1n) is 2.78. The lowest BCUT2D eigenvalue weighted by molar-refractivity contribution is 0.0905. The Morgan fingerprint density at radius 1 is 1.89 bits per heavy atom. The molecule has 0 spiro atoms. The summed E-state index contributed by atoms with van der Waals surface area (Å²) in [5.74, 6) is 0. The summed E-state index contributed by atoms with van der Waals surface area (Å²) in [4.78, 5) is 10.5. The van der Waals surface area contributed by atoms with Gasteiger partial charge in [-0.05, 0) is 6.92 Å². The number of nitrogens with one attached hydrogen (secondary N) is 1. The van der Waals surface area contributed by atoms with Crippen LogP contribution in [0.25, 0.3) is 0 Å². The molecule has 1 saturated heterocycles. The third-order valence-electron chi connectivity index (χ3n) is 1.24. The third-order valence-corrected chi connectivity index (χ3v) is 2.70. The van der Waals surface area contributed by atoms with Gasteiger partial charge in [0.25, 0.3) is 0 Å². The maximum absolute atomic E-state index is 10.5. The molecule has 0 saturated carbocycles. The van der Waals surface area contributed by atoms with Crippen LogP contribution in [0, 0.1) is 0 Å². The quantitative estimate of drug-likeness (QED) is 0.505. The molecule has 1 amide bonds. The van der Waals surface area contributed by atoms with Crippen LogP contribution >= 0.6 is 22.6 Å². The van der Waals surface area contributed by atoms with Crippen LogP contribution in [0.4, 0.5) is 4.79 Å². The van der Waals surface area contributed by atoms with E-state index in [-0.39, 0.29) is 12.2 Å². The summed E-state index contributed by atoms with van der Waals surface area (Å²) in [5, 5.41) is 2.59. The Morgan fingerprint density at radius 3 is 3.00 bits per heavy atom. The van der Waals surface area contributed by atoms with Crippen molar-refractivity contribution in [3.63, 3.8) is 0 Å². The van der Waals surface area contributed by atoms with E-state index >= 15 is 0 Å². The number of halogens is 1. The number of alkyl halides is 1. The Balaban J connectivity index is 2.44. The van der Waals surface area contributed by atoms with Gasteiger partial charge in [0.05, 0.1) is 3.92 Å². The highest BCUT2D eigenvalue weighted by Crippen LogP contribution is 2.12. The topological polar surface area (TPSA) is 38.3 Å². The minimum Gasteiger partial charge on any atom is -0.445 e. The number of cyclic esters (lactones) is 1. The van der Waals surface area contributed by atoms with Gasteiger partial charge in [-0.15, -0.1) is 0 Å². The van der Waals surface area contributed by atoms with Crippen molar-refractivity contribution in [1.82, 2.24) is 5.32 Å². The molecule has 4 heteroatoms. The highest BCUT2D eigenvalue weighted by Gasteiger charge is 2.23. The molecule has 0 aliphatic carbocycles. The zero-order valence-corrected chi connectivity index (χ0v) is 7.21. The van der Waals surface area contributed by atoms with Crippen molar-refractivity contribution in [3.05, 3.63) is 0 Å². The van der Waals surface area contributed by atoms with E-state index in [9.17, 15) is 4.79 Å². The van der Waals surface area contributed by atoms with Gasteiger partial charge in [0.2, 0.25) is 0 Å². The van der Waals surface area contributed by atoms with Gasteiger partial charge in [0.15, 0.2) is 0 Å². The van der Waals surface area contributed by atoms with E-state index < -0.39 is 0 Å². The standard InChI is InChI=1S/C5H8INO2/c1-3-4(6)2-7-5(8)9-3/h3-4H,2H2,1H3,(H,7,8). The number of ether oxygens (including phenoxy) is 1. The summed E-state index contributed by atoms with van der Waals surface area (Å²) in [5.41, 5.74) is 0. The van der Waals surface area contributed by atoms with Crippen molar-refractivity contribution in [1.29, 1.82) is 0 Å². The first-order valence-corrected chi connectivity index (χ1v) is 4.03. The molecule has 2 unspecified atom stereocenters. The van der Waals surface area contributed by atoms with Crippen LogP contribution in [0.3, 0.4) is 0 Å². The van der Waals surface area contributed by atoms with Crippen molar-refractivity contribution in [2.75, 3.05) is 6.54 Å². The molecule has 1 N–H and O–H groups in total. The number of carbonyl (C=O) groups excluding carboxylic acids is 1. The molecule has 3 nitrogen and oxygen atoms in total. The smallest absolute Gasteiger partial charge is 0.407 e. The van der Waals surface area contributed by atoms with E-state index in [1.165, 1.54) is 0 Å². The Hall–Kier alpha value is 0.